The Morgan fingerprint density at radius 3 is 2.25 bits per heavy atom. The minimum atomic E-state index is -3.29. The molecule has 108 valence electrons. The van der Waals surface area contributed by atoms with E-state index >= 15 is 0 Å². The van der Waals surface area contributed by atoms with Crippen LogP contribution in [0.15, 0.2) is 34.3 Å². The van der Waals surface area contributed by atoms with Crippen LogP contribution >= 0.6 is 0 Å². The van der Waals surface area contributed by atoms with Gasteiger partial charge in [-0.25, -0.2) is 8.42 Å². The molecule has 0 aliphatic carbocycles. The molecule has 1 atom stereocenters. The molecule has 0 spiro atoms. The molecule has 1 aromatic carbocycles. The number of sulfone groups is 1. The minimum Gasteiger partial charge on any atom is -0.315 e. The fourth-order valence-electron chi connectivity index (χ4n) is 1.80. The molecule has 0 bridgehead atoms. The normalized spacial score (nSPS) is 23.1. The molecule has 0 fully saturated rings. The van der Waals surface area contributed by atoms with Gasteiger partial charge in [0, 0.05) is 6.26 Å². The second kappa shape index (κ2) is 4.65. The first kappa shape index (κ1) is 14.6. The second-order valence-corrected chi connectivity index (χ2v) is 6.82. The van der Waals surface area contributed by atoms with Gasteiger partial charge in [0.05, 0.1) is 16.3 Å². The molecular weight excluding hydrogens is 282 g/mol. The van der Waals surface area contributed by atoms with Crippen molar-refractivity contribution in [3.63, 3.8) is 0 Å². The fraction of sp³-hybridized carbons (Fsp3) is 0.333. The second-order valence-electron chi connectivity index (χ2n) is 4.81. The third kappa shape index (κ3) is 2.21. The number of amides is 1. The summed E-state index contributed by atoms with van der Waals surface area (Å²) >= 11 is 0. The van der Waals surface area contributed by atoms with Gasteiger partial charge in [0.1, 0.15) is 0 Å². The average Bonchev–Trinajstić information content (AvgIpc) is 2.63. The number of hydrogen-bond acceptors (Lipinski definition) is 6. The number of rotatable bonds is 3. The monoisotopic (exact) mass is 297 g/mol. The molecule has 0 radical (unpaired) electrons. The molecule has 0 saturated carbocycles. The van der Waals surface area contributed by atoms with Gasteiger partial charge in [-0.2, -0.15) is 15.6 Å². The lowest BCUT2D eigenvalue weighted by Crippen LogP contribution is -2.53. The maximum Gasteiger partial charge on any atom is 0.275 e. The maximum atomic E-state index is 12.2. The SMILES string of the molecule is CC1=NN(c2ccc(S(C)(=O)=O)cc2)C(=O)C1(C)NO. The Hall–Kier alpha value is -1.77. The van der Waals surface area contributed by atoms with E-state index in [1.807, 2.05) is 5.48 Å². The van der Waals surface area contributed by atoms with Crippen molar-refractivity contribution in [3.8, 4) is 0 Å². The van der Waals surface area contributed by atoms with Gasteiger partial charge in [-0.3, -0.25) is 4.79 Å². The summed E-state index contributed by atoms with van der Waals surface area (Å²) in [5.41, 5.74) is 1.53. The predicted molar refractivity (Wildman–Crippen MR) is 73.5 cm³/mol. The van der Waals surface area contributed by atoms with Crippen molar-refractivity contribution in [2.45, 2.75) is 24.3 Å². The first-order valence-electron chi connectivity index (χ1n) is 5.82. The van der Waals surface area contributed by atoms with Gasteiger partial charge < -0.3 is 5.21 Å². The zero-order valence-electron chi connectivity index (χ0n) is 11.3. The van der Waals surface area contributed by atoms with Crippen LogP contribution in [0.2, 0.25) is 0 Å². The first-order chi connectivity index (χ1) is 9.20. The van der Waals surface area contributed by atoms with Gasteiger partial charge in [0.25, 0.3) is 5.91 Å². The van der Waals surface area contributed by atoms with E-state index in [2.05, 4.69) is 5.10 Å². The number of hydrazone groups is 1. The molecule has 1 unspecified atom stereocenters. The van der Waals surface area contributed by atoms with Crippen LogP contribution in [-0.4, -0.2) is 37.0 Å². The highest BCUT2D eigenvalue weighted by Crippen LogP contribution is 2.27. The Bertz CT molecular complexity index is 681. The summed E-state index contributed by atoms with van der Waals surface area (Å²) in [6.45, 7) is 3.13. The Morgan fingerprint density at radius 1 is 1.30 bits per heavy atom. The fourth-order valence-corrected chi connectivity index (χ4v) is 2.43. The van der Waals surface area contributed by atoms with Crippen molar-refractivity contribution in [1.82, 2.24) is 5.48 Å². The summed E-state index contributed by atoms with van der Waals surface area (Å²) in [5.74, 6) is -0.440. The van der Waals surface area contributed by atoms with Crippen LogP contribution in [0.5, 0.6) is 0 Å². The smallest absolute Gasteiger partial charge is 0.275 e. The average molecular weight is 297 g/mol. The van der Waals surface area contributed by atoms with Crippen LogP contribution < -0.4 is 10.5 Å². The van der Waals surface area contributed by atoms with E-state index in [1.165, 1.54) is 31.2 Å². The number of nitrogens with one attached hydrogen (secondary N) is 1. The lowest BCUT2D eigenvalue weighted by molar-refractivity contribution is -0.124. The summed E-state index contributed by atoms with van der Waals surface area (Å²) in [4.78, 5) is 12.4. The van der Waals surface area contributed by atoms with Crippen LogP contribution in [0.3, 0.4) is 0 Å². The van der Waals surface area contributed by atoms with E-state index in [0.717, 1.165) is 11.3 Å². The molecule has 1 aliphatic rings. The highest BCUT2D eigenvalue weighted by atomic mass is 32.2. The lowest BCUT2D eigenvalue weighted by Gasteiger charge is -2.21. The molecular formula is C12H15N3O4S. The zero-order chi connectivity index (χ0) is 15.1. The van der Waals surface area contributed by atoms with E-state index in [4.69, 9.17) is 5.21 Å². The standard InChI is InChI=1S/C12H15N3O4S/c1-8-12(2,14-17)11(16)15(13-8)9-4-6-10(7-5-9)20(3,18)19/h4-7,14,17H,1-3H3. The van der Waals surface area contributed by atoms with Gasteiger partial charge in [-0.1, -0.05) is 0 Å². The molecule has 0 aromatic heterocycles. The molecule has 1 aromatic rings. The van der Waals surface area contributed by atoms with Gasteiger partial charge >= 0.3 is 0 Å². The molecule has 2 rings (SSSR count). The molecule has 20 heavy (non-hydrogen) atoms. The molecule has 2 N–H and O–H groups in total. The molecule has 1 heterocycles. The van der Waals surface area contributed by atoms with Crippen molar-refractivity contribution in [2.24, 2.45) is 5.10 Å². The Morgan fingerprint density at radius 2 is 1.85 bits per heavy atom. The van der Waals surface area contributed by atoms with Gasteiger partial charge in [-0.05, 0) is 38.1 Å². The number of carbonyl (C=O) groups is 1. The predicted octanol–water partition coefficient (Wildman–Crippen LogP) is 0.550. The Balaban J connectivity index is 2.38. The van der Waals surface area contributed by atoms with Crippen molar-refractivity contribution >= 4 is 27.1 Å². The van der Waals surface area contributed by atoms with Crippen molar-refractivity contribution in [3.05, 3.63) is 24.3 Å². The van der Waals surface area contributed by atoms with Gasteiger partial charge in [0.2, 0.25) is 0 Å². The van der Waals surface area contributed by atoms with Crippen LogP contribution in [-0.2, 0) is 14.6 Å². The minimum absolute atomic E-state index is 0.164. The summed E-state index contributed by atoms with van der Waals surface area (Å²) in [7, 11) is -3.29. The third-order valence-corrected chi connectivity index (χ3v) is 4.46. The summed E-state index contributed by atoms with van der Waals surface area (Å²) in [6, 6.07) is 5.80. The van der Waals surface area contributed by atoms with Crippen molar-refractivity contribution in [2.75, 3.05) is 11.3 Å². The molecule has 7 nitrogen and oxygen atoms in total. The van der Waals surface area contributed by atoms with Crippen molar-refractivity contribution in [1.29, 1.82) is 0 Å². The van der Waals surface area contributed by atoms with Crippen LogP contribution in [0.4, 0.5) is 5.69 Å². The van der Waals surface area contributed by atoms with Crippen LogP contribution in [0.25, 0.3) is 0 Å². The summed E-state index contributed by atoms with van der Waals surface area (Å²) in [6.07, 6.45) is 1.11. The number of hydroxylamine groups is 1. The number of carbonyl (C=O) groups excluding carboxylic acids is 1. The first-order valence-corrected chi connectivity index (χ1v) is 7.71. The topological polar surface area (TPSA) is 99.1 Å². The van der Waals surface area contributed by atoms with Crippen LogP contribution in [0, 0.1) is 0 Å². The number of anilines is 1. The van der Waals surface area contributed by atoms with E-state index < -0.39 is 21.3 Å². The summed E-state index contributed by atoms with van der Waals surface area (Å²) < 4.78 is 22.8. The Kier molecular flexibility index (Phi) is 3.41. The van der Waals surface area contributed by atoms with E-state index in [9.17, 15) is 13.2 Å². The van der Waals surface area contributed by atoms with Crippen LogP contribution in [0.1, 0.15) is 13.8 Å². The number of hydrogen-bond donors (Lipinski definition) is 2. The maximum absolute atomic E-state index is 12.2. The quantitative estimate of drug-likeness (QED) is 0.794. The van der Waals surface area contributed by atoms with E-state index in [1.54, 1.807) is 6.92 Å². The third-order valence-electron chi connectivity index (χ3n) is 3.33. The lowest BCUT2D eigenvalue weighted by atomic mass is 9.98. The zero-order valence-corrected chi connectivity index (χ0v) is 12.1. The van der Waals surface area contributed by atoms with E-state index in [0.29, 0.717) is 11.4 Å². The Labute approximate surface area is 116 Å². The van der Waals surface area contributed by atoms with Gasteiger partial charge in [-0.15, -0.1) is 0 Å². The largest absolute Gasteiger partial charge is 0.315 e. The highest BCUT2D eigenvalue weighted by Gasteiger charge is 2.45. The van der Waals surface area contributed by atoms with Gasteiger partial charge in [0.15, 0.2) is 15.4 Å². The van der Waals surface area contributed by atoms with Crippen molar-refractivity contribution < 1.29 is 18.4 Å². The number of nitrogens with zero attached hydrogens (tertiary/aromatic N) is 2. The highest BCUT2D eigenvalue weighted by molar-refractivity contribution is 7.90. The number of benzene rings is 1. The molecule has 0 saturated heterocycles. The van der Waals surface area contributed by atoms with E-state index in [-0.39, 0.29) is 4.90 Å². The summed E-state index contributed by atoms with van der Waals surface area (Å²) in [5, 5.41) is 14.3. The molecule has 8 heteroatoms. The molecule has 1 amide bonds. The molecule has 1 aliphatic heterocycles.